The van der Waals surface area contributed by atoms with Crippen molar-refractivity contribution in [3.63, 3.8) is 0 Å². The van der Waals surface area contributed by atoms with Crippen molar-refractivity contribution in [2.45, 2.75) is 26.2 Å². The average molecular weight is 286 g/mol. The quantitative estimate of drug-likeness (QED) is 0.680. The second-order valence-electron chi connectivity index (χ2n) is 4.24. The van der Waals surface area contributed by atoms with Gasteiger partial charge in [0.25, 0.3) is 0 Å². The average Bonchev–Trinajstić information content (AvgIpc) is 2.39. The van der Waals surface area contributed by atoms with Crippen LogP contribution in [0.4, 0.5) is 5.69 Å². The summed E-state index contributed by atoms with van der Waals surface area (Å²) in [7, 11) is 0. The van der Waals surface area contributed by atoms with E-state index in [0.29, 0.717) is 23.9 Å². The molecule has 0 bridgehead atoms. The van der Waals surface area contributed by atoms with Crippen LogP contribution in [0.25, 0.3) is 0 Å². The lowest BCUT2D eigenvalue weighted by Gasteiger charge is -2.10. The van der Waals surface area contributed by atoms with E-state index in [2.05, 4.69) is 12.2 Å². The Balaban J connectivity index is 2.35. The first-order valence-corrected chi connectivity index (χ1v) is 6.87. The number of carbonyl (C=O) groups is 1. The SMILES string of the molecule is CCCCOCCCNc1ccc(Cl)cc1C(=O)O. The summed E-state index contributed by atoms with van der Waals surface area (Å²) in [5, 5.41) is 12.6. The van der Waals surface area contributed by atoms with Crippen LogP contribution in [0.15, 0.2) is 18.2 Å². The topological polar surface area (TPSA) is 58.6 Å². The van der Waals surface area contributed by atoms with E-state index in [1.807, 2.05) is 0 Å². The zero-order valence-electron chi connectivity index (χ0n) is 11.1. The number of carboxylic acid groups (broad SMARTS) is 1. The number of ether oxygens (including phenoxy) is 1. The number of halogens is 1. The van der Waals surface area contributed by atoms with Gasteiger partial charge in [-0.15, -0.1) is 0 Å². The van der Waals surface area contributed by atoms with Gasteiger partial charge in [0, 0.05) is 30.5 Å². The lowest BCUT2D eigenvalue weighted by molar-refractivity contribution is 0.0698. The van der Waals surface area contributed by atoms with Gasteiger partial charge >= 0.3 is 5.97 Å². The van der Waals surface area contributed by atoms with Crippen molar-refractivity contribution in [2.75, 3.05) is 25.1 Å². The highest BCUT2D eigenvalue weighted by Crippen LogP contribution is 2.20. The van der Waals surface area contributed by atoms with E-state index < -0.39 is 5.97 Å². The number of benzene rings is 1. The van der Waals surface area contributed by atoms with Gasteiger partial charge in [0.1, 0.15) is 0 Å². The molecule has 0 aliphatic heterocycles. The van der Waals surface area contributed by atoms with E-state index in [-0.39, 0.29) is 5.56 Å². The zero-order chi connectivity index (χ0) is 14.1. The van der Waals surface area contributed by atoms with Crippen molar-refractivity contribution in [3.8, 4) is 0 Å². The number of hydrogen-bond acceptors (Lipinski definition) is 3. The fourth-order valence-corrected chi connectivity index (χ4v) is 1.77. The Morgan fingerprint density at radius 3 is 2.79 bits per heavy atom. The van der Waals surface area contributed by atoms with Crippen molar-refractivity contribution >= 4 is 23.3 Å². The Bertz CT molecular complexity index is 410. The lowest BCUT2D eigenvalue weighted by atomic mass is 10.2. The minimum atomic E-state index is -0.982. The van der Waals surface area contributed by atoms with Crippen molar-refractivity contribution in [2.24, 2.45) is 0 Å². The lowest BCUT2D eigenvalue weighted by Crippen LogP contribution is -2.10. The molecule has 2 N–H and O–H groups in total. The molecule has 0 heterocycles. The van der Waals surface area contributed by atoms with E-state index >= 15 is 0 Å². The monoisotopic (exact) mass is 285 g/mol. The second kappa shape index (κ2) is 8.77. The first kappa shape index (κ1) is 15.8. The molecule has 106 valence electrons. The van der Waals surface area contributed by atoms with Gasteiger partial charge in [0.2, 0.25) is 0 Å². The Hall–Kier alpha value is -1.26. The van der Waals surface area contributed by atoms with Crippen LogP contribution in [-0.2, 0) is 4.74 Å². The maximum Gasteiger partial charge on any atom is 0.337 e. The van der Waals surface area contributed by atoms with Gasteiger partial charge < -0.3 is 15.2 Å². The van der Waals surface area contributed by atoms with Crippen LogP contribution in [0.2, 0.25) is 5.02 Å². The van der Waals surface area contributed by atoms with Crippen LogP contribution in [0.5, 0.6) is 0 Å². The number of hydrogen-bond donors (Lipinski definition) is 2. The van der Waals surface area contributed by atoms with Crippen molar-refractivity contribution in [1.29, 1.82) is 0 Å². The molecule has 5 heteroatoms. The molecule has 0 atom stereocenters. The first-order chi connectivity index (χ1) is 9.15. The third kappa shape index (κ3) is 5.94. The molecule has 0 fully saturated rings. The summed E-state index contributed by atoms with van der Waals surface area (Å²) < 4.78 is 5.43. The highest BCUT2D eigenvalue weighted by molar-refractivity contribution is 6.31. The molecule has 0 aliphatic rings. The van der Waals surface area contributed by atoms with E-state index in [1.54, 1.807) is 12.1 Å². The van der Waals surface area contributed by atoms with Crippen LogP contribution in [-0.4, -0.2) is 30.8 Å². The maximum atomic E-state index is 11.1. The van der Waals surface area contributed by atoms with Gasteiger partial charge in [0.15, 0.2) is 0 Å². The van der Waals surface area contributed by atoms with Crippen molar-refractivity contribution in [1.82, 2.24) is 0 Å². The molecule has 1 aromatic carbocycles. The Kier molecular flexibility index (Phi) is 7.30. The van der Waals surface area contributed by atoms with E-state index in [1.165, 1.54) is 6.07 Å². The molecule has 0 radical (unpaired) electrons. The molecular formula is C14H20ClNO3. The number of nitrogens with one attached hydrogen (secondary N) is 1. The minimum absolute atomic E-state index is 0.194. The standard InChI is InChI=1S/C14H20ClNO3/c1-2-3-8-19-9-4-7-16-13-6-5-11(15)10-12(13)14(17)18/h5-6,10,16H,2-4,7-9H2,1H3,(H,17,18). The van der Waals surface area contributed by atoms with Crippen LogP contribution < -0.4 is 5.32 Å². The van der Waals surface area contributed by atoms with E-state index in [0.717, 1.165) is 25.9 Å². The zero-order valence-corrected chi connectivity index (χ0v) is 11.9. The Morgan fingerprint density at radius 2 is 2.11 bits per heavy atom. The van der Waals surface area contributed by atoms with Crippen LogP contribution in [0.3, 0.4) is 0 Å². The van der Waals surface area contributed by atoms with Crippen LogP contribution in [0, 0.1) is 0 Å². The molecular weight excluding hydrogens is 266 g/mol. The highest BCUT2D eigenvalue weighted by atomic mass is 35.5. The van der Waals surface area contributed by atoms with Gasteiger partial charge in [-0.25, -0.2) is 4.79 Å². The summed E-state index contributed by atoms with van der Waals surface area (Å²) in [5.41, 5.74) is 0.782. The molecule has 0 unspecified atom stereocenters. The summed E-state index contributed by atoms with van der Waals surface area (Å²) in [5.74, 6) is -0.982. The van der Waals surface area contributed by atoms with Crippen molar-refractivity contribution < 1.29 is 14.6 Å². The molecule has 0 aliphatic carbocycles. The van der Waals surface area contributed by atoms with Gasteiger partial charge in [-0.05, 0) is 31.0 Å². The number of unbranched alkanes of at least 4 members (excludes halogenated alkanes) is 1. The molecule has 4 nitrogen and oxygen atoms in total. The summed E-state index contributed by atoms with van der Waals surface area (Å²) in [4.78, 5) is 11.1. The predicted molar refractivity (Wildman–Crippen MR) is 77.2 cm³/mol. The second-order valence-corrected chi connectivity index (χ2v) is 4.68. The fourth-order valence-electron chi connectivity index (χ4n) is 1.59. The van der Waals surface area contributed by atoms with E-state index in [9.17, 15) is 4.79 Å². The number of carboxylic acids is 1. The van der Waals surface area contributed by atoms with Gasteiger partial charge in [0.05, 0.1) is 5.56 Å². The van der Waals surface area contributed by atoms with Crippen LogP contribution in [0.1, 0.15) is 36.5 Å². The number of anilines is 1. The van der Waals surface area contributed by atoms with Gasteiger partial charge in [-0.2, -0.15) is 0 Å². The molecule has 0 amide bonds. The minimum Gasteiger partial charge on any atom is -0.478 e. The van der Waals surface area contributed by atoms with Crippen LogP contribution >= 0.6 is 11.6 Å². The molecule has 0 spiro atoms. The predicted octanol–water partition coefficient (Wildman–Crippen LogP) is 3.66. The van der Waals surface area contributed by atoms with Gasteiger partial charge in [-0.3, -0.25) is 0 Å². The normalized spacial score (nSPS) is 10.4. The molecule has 1 aromatic rings. The Labute approximate surface area is 118 Å². The summed E-state index contributed by atoms with van der Waals surface area (Å²) in [6.07, 6.45) is 3.05. The molecule has 0 saturated carbocycles. The smallest absolute Gasteiger partial charge is 0.337 e. The number of rotatable bonds is 9. The Morgan fingerprint density at radius 1 is 1.37 bits per heavy atom. The summed E-state index contributed by atoms with van der Waals surface area (Å²) in [6.45, 7) is 4.27. The first-order valence-electron chi connectivity index (χ1n) is 6.49. The highest BCUT2D eigenvalue weighted by Gasteiger charge is 2.09. The third-order valence-electron chi connectivity index (χ3n) is 2.64. The summed E-state index contributed by atoms with van der Waals surface area (Å²) >= 11 is 5.78. The molecule has 0 aromatic heterocycles. The van der Waals surface area contributed by atoms with E-state index in [4.69, 9.17) is 21.4 Å². The number of aromatic carboxylic acids is 1. The van der Waals surface area contributed by atoms with Gasteiger partial charge in [-0.1, -0.05) is 24.9 Å². The molecule has 1 rings (SSSR count). The maximum absolute atomic E-state index is 11.1. The third-order valence-corrected chi connectivity index (χ3v) is 2.87. The fraction of sp³-hybridized carbons (Fsp3) is 0.500. The summed E-state index contributed by atoms with van der Waals surface area (Å²) in [6, 6.07) is 4.81. The van der Waals surface area contributed by atoms with Crippen molar-refractivity contribution in [3.05, 3.63) is 28.8 Å². The largest absolute Gasteiger partial charge is 0.478 e. The molecule has 0 saturated heterocycles. The molecule has 19 heavy (non-hydrogen) atoms.